The van der Waals surface area contributed by atoms with Gasteiger partial charge in [0.15, 0.2) is 0 Å². The van der Waals surface area contributed by atoms with Crippen LogP contribution >= 0.6 is 0 Å². The summed E-state index contributed by atoms with van der Waals surface area (Å²) in [6.45, 7) is 2.11. The van der Waals surface area contributed by atoms with E-state index in [9.17, 15) is 24.2 Å². The van der Waals surface area contributed by atoms with E-state index in [-0.39, 0.29) is 24.1 Å². The van der Waals surface area contributed by atoms with Crippen molar-refractivity contribution >= 4 is 17.6 Å². The number of aliphatic hydroxyl groups is 2. The second-order valence-corrected chi connectivity index (χ2v) is 7.52. The Morgan fingerprint density at radius 1 is 1.21 bits per heavy atom. The number of carbonyl (C=O) groups excluding carboxylic acids is 1. The molecule has 164 valence electrons. The van der Waals surface area contributed by atoms with Gasteiger partial charge in [-0.25, -0.2) is 4.39 Å². The number of anilines is 1. The number of carbonyl (C=O) groups is 2. The lowest BCUT2D eigenvalue weighted by molar-refractivity contribution is -0.137. The number of nitrogens with one attached hydrogen (secondary N) is 1. The minimum absolute atomic E-state index is 0.0671. The molecule has 3 atom stereocenters. The molecule has 29 heavy (non-hydrogen) atoms. The van der Waals surface area contributed by atoms with Crippen molar-refractivity contribution in [2.75, 3.05) is 5.32 Å². The second-order valence-electron chi connectivity index (χ2n) is 7.52. The first-order valence-electron chi connectivity index (χ1n) is 10.5. The van der Waals surface area contributed by atoms with Gasteiger partial charge >= 0.3 is 5.97 Å². The van der Waals surface area contributed by atoms with Crippen molar-refractivity contribution < 1.29 is 29.3 Å². The molecule has 1 amide bonds. The van der Waals surface area contributed by atoms with E-state index in [2.05, 4.69) is 12.2 Å². The van der Waals surface area contributed by atoms with Gasteiger partial charge in [-0.2, -0.15) is 0 Å². The van der Waals surface area contributed by atoms with Gasteiger partial charge in [-0.3, -0.25) is 9.59 Å². The maximum absolute atomic E-state index is 13.4. The third-order valence-corrected chi connectivity index (χ3v) is 5.11. The summed E-state index contributed by atoms with van der Waals surface area (Å²) >= 11 is 0. The molecule has 1 fully saturated rings. The Kier molecular flexibility index (Phi) is 12.1. The van der Waals surface area contributed by atoms with Crippen LogP contribution in [0, 0.1) is 11.7 Å². The predicted octanol–water partition coefficient (Wildman–Crippen LogP) is 4.11. The van der Waals surface area contributed by atoms with E-state index in [1.807, 2.05) is 0 Å². The SMILES string of the molecule is CCCCCCC(=O)O.O=C(Nc1ccccc1F)C(O)CC[C@@H]1CCCC1O. The van der Waals surface area contributed by atoms with Crippen LogP contribution in [-0.2, 0) is 9.59 Å². The highest BCUT2D eigenvalue weighted by Gasteiger charge is 2.26. The first-order valence-corrected chi connectivity index (χ1v) is 10.5. The number of para-hydroxylation sites is 1. The van der Waals surface area contributed by atoms with Crippen LogP contribution in [-0.4, -0.2) is 39.4 Å². The number of amides is 1. The summed E-state index contributed by atoms with van der Waals surface area (Å²) in [4.78, 5) is 21.7. The molecule has 0 heterocycles. The highest BCUT2D eigenvalue weighted by atomic mass is 19.1. The molecule has 0 radical (unpaired) electrons. The number of hydrogen-bond donors (Lipinski definition) is 4. The van der Waals surface area contributed by atoms with Gasteiger partial charge in [-0.15, -0.1) is 0 Å². The Morgan fingerprint density at radius 3 is 2.52 bits per heavy atom. The fraction of sp³-hybridized carbons (Fsp3) is 0.636. The number of carboxylic acid groups (broad SMARTS) is 1. The zero-order valence-electron chi connectivity index (χ0n) is 17.1. The maximum Gasteiger partial charge on any atom is 0.303 e. The Labute approximate surface area is 172 Å². The quantitative estimate of drug-likeness (QED) is 0.434. The predicted molar refractivity (Wildman–Crippen MR) is 110 cm³/mol. The van der Waals surface area contributed by atoms with Crippen LogP contribution in [0.25, 0.3) is 0 Å². The summed E-state index contributed by atoms with van der Waals surface area (Å²) in [5.41, 5.74) is 0.0671. The summed E-state index contributed by atoms with van der Waals surface area (Å²) in [7, 11) is 0. The highest BCUT2D eigenvalue weighted by Crippen LogP contribution is 2.29. The first kappa shape index (κ1) is 25.0. The van der Waals surface area contributed by atoms with Crippen molar-refractivity contribution in [2.24, 2.45) is 5.92 Å². The van der Waals surface area contributed by atoms with Crippen molar-refractivity contribution in [1.82, 2.24) is 0 Å². The molecule has 2 unspecified atom stereocenters. The van der Waals surface area contributed by atoms with Gasteiger partial charge in [0.05, 0.1) is 11.8 Å². The standard InChI is InChI=1S/C15H20FNO3.C7H14O2/c16-11-5-1-2-6-12(11)17-15(20)14(19)9-8-10-4-3-7-13(10)18;1-2-3-4-5-6-7(8)9/h1-2,5-6,10,13-14,18-19H,3-4,7-9H2,(H,17,20);2-6H2,1H3,(H,8,9)/t10-,13?,14?;/m0./s1. The number of unbranched alkanes of at least 4 members (excludes halogenated alkanes) is 3. The van der Waals surface area contributed by atoms with Crippen molar-refractivity contribution in [3.8, 4) is 0 Å². The molecule has 1 aliphatic carbocycles. The van der Waals surface area contributed by atoms with Crippen LogP contribution in [0.15, 0.2) is 24.3 Å². The fourth-order valence-electron chi connectivity index (χ4n) is 3.34. The van der Waals surface area contributed by atoms with E-state index in [1.54, 1.807) is 6.07 Å². The van der Waals surface area contributed by atoms with Gasteiger partial charge in [0.1, 0.15) is 11.9 Å². The van der Waals surface area contributed by atoms with Crippen LogP contribution in [0.1, 0.15) is 71.1 Å². The average Bonchev–Trinajstić information content (AvgIpc) is 3.10. The highest BCUT2D eigenvalue weighted by molar-refractivity contribution is 5.94. The molecule has 1 aromatic rings. The Bertz CT molecular complexity index is 625. The van der Waals surface area contributed by atoms with Crippen LogP contribution in [0.2, 0.25) is 0 Å². The third kappa shape index (κ3) is 10.4. The summed E-state index contributed by atoms with van der Waals surface area (Å²) in [5, 5.41) is 30.1. The van der Waals surface area contributed by atoms with Gasteiger partial charge in [-0.05, 0) is 50.2 Å². The van der Waals surface area contributed by atoms with Crippen molar-refractivity contribution in [3.05, 3.63) is 30.1 Å². The summed E-state index contributed by atoms with van der Waals surface area (Å²) in [5.74, 6) is -1.65. The normalized spacial score (nSPS) is 19.2. The van der Waals surface area contributed by atoms with E-state index in [0.29, 0.717) is 12.8 Å². The van der Waals surface area contributed by atoms with Gasteiger partial charge < -0.3 is 20.6 Å². The molecule has 0 saturated heterocycles. The lowest BCUT2D eigenvalue weighted by Crippen LogP contribution is -2.29. The second kappa shape index (κ2) is 14.1. The molecular formula is C22H34FNO5. The largest absolute Gasteiger partial charge is 0.481 e. The fourth-order valence-corrected chi connectivity index (χ4v) is 3.34. The van der Waals surface area contributed by atoms with Gasteiger partial charge in [0, 0.05) is 6.42 Å². The number of halogens is 1. The minimum atomic E-state index is -1.18. The molecule has 1 aliphatic rings. The zero-order chi connectivity index (χ0) is 21.6. The third-order valence-electron chi connectivity index (χ3n) is 5.11. The molecule has 0 aromatic heterocycles. The van der Waals surface area contributed by atoms with Crippen molar-refractivity contribution in [3.63, 3.8) is 0 Å². The van der Waals surface area contributed by atoms with Crippen LogP contribution < -0.4 is 5.32 Å². The summed E-state index contributed by atoms with van der Waals surface area (Å²) in [6, 6.07) is 5.83. The molecule has 0 aliphatic heterocycles. The number of rotatable bonds is 10. The average molecular weight is 412 g/mol. The Morgan fingerprint density at radius 2 is 1.93 bits per heavy atom. The number of carboxylic acids is 1. The first-order chi connectivity index (χ1) is 13.8. The lowest BCUT2D eigenvalue weighted by Gasteiger charge is -2.17. The summed E-state index contributed by atoms with van der Waals surface area (Å²) in [6.07, 6.45) is 6.65. The lowest BCUT2D eigenvalue weighted by atomic mass is 9.97. The van der Waals surface area contributed by atoms with Crippen LogP contribution in [0.4, 0.5) is 10.1 Å². The minimum Gasteiger partial charge on any atom is -0.481 e. The van der Waals surface area contributed by atoms with E-state index in [0.717, 1.165) is 38.5 Å². The number of hydrogen-bond acceptors (Lipinski definition) is 4. The van der Waals surface area contributed by atoms with Crippen LogP contribution in [0.3, 0.4) is 0 Å². The zero-order valence-corrected chi connectivity index (χ0v) is 17.1. The van der Waals surface area contributed by atoms with Crippen molar-refractivity contribution in [2.45, 2.75) is 83.3 Å². The molecule has 4 N–H and O–H groups in total. The molecular weight excluding hydrogens is 377 g/mol. The van der Waals surface area contributed by atoms with Crippen molar-refractivity contribution in [1.29, 1.82) is 0 Å². The van der Waals surface area contributed by atoms with Crippen LogP contribution in [0.5, 0.6) is 0 Å². The van der Waals surface area contributed by atoms with Gasteiger partial charge in [-0.1, -0.05) is 44.7 Å². The van der Waals surface area contributed by atoms with E-state index in [1.165, 1.54) is 24.6 Å². The Balaban J connectivity index is 0.000000396. The topological polar surface area (TPSA) is 107 Å². The molecule has 7 heteroatoms. The Hall–Kier alpha value is -1.99. The number of aliphatic carboxylic acids is 1. The van der Waals surface area contributed by atoms with Gasteiger partial charge in [0.2, 0.25) is 0 Å². The molecule has 1 aromatic carbocycles. The van der Waals surface area contributed by atoms with E-state index >= 15 is 0 Å². The van der Waals surface area contributed by atoms with Gasteiger partial charge in [0.25, 0.3) is 5.91 Å². The molecule has 0 spiro atoms. The maximum atomic E-state index is 13.4. The van der Waals surface area contributed by atoms with E-state index < -0.39 is 23.8 Å². The summed E-state index contributed by atoms with van der Waals surface area (Å²) < 4.78 is 13.4. The molecule has 0 bridgehead atoms. The molecule has 1 saturated carbocycles. The monoisotopic (exact) mass is 411 g/mol. The molecule has 2 rings (SSSR count). The van der Waals surface area contributed by atoms with E-state index in [4.69, 9.17) is 5.11 Å². The number of benzene rings is 1. The number of aliphatic hydroxyl groups excluding tert-OH is 2. The molecule has 6 nitrogen and oxygen atoms in total. The smallest absolute Gasteiger partial charge is 0.303 e.